The molecule has 1 saturated carbocycles. The molecule has 1 aliphatic carbocycles. The molecule has 184 valence electrons. The highest BCUT2D eigenvalue weighted by Crippen LogP contribution is 2.33. The van der Waals surface area contributed by atoms with Crippen LogP contribution in [0.2, 0.25) is 5.02 Å². The van der Waals surface area contributed by atoms with E-state index < -0.39 is 0 Å². The number of nitrogens with zero attached hydrogens (tertiary/aromatic N) is 6. The van der Waals surface area contributed by atoms with E-state index in [1.807, 2.05) is 55.5 Å². The molecule has 9 heteroatoms. The number of fused-ring (bicyclic) bond motifs is 1. The monoisotopic (exact) mass is 501 g/mol. The average Bonchev–Trinajstić information content (AvgIpc) is 3.65. The van der Waals surface area contributed by atoms with Gasteiger partial charge in [-0.1, -0.05) is 35.9 Å². The van der Waals surface area contributed by atoms with Gasteiger partial charge in [-0.2, -0.15) is 5.10 Å². The highest BCUT2D eigenvalue weighted by Gasteiger charge is 2.25. The zero-order chi connectivity index (χ0) is 25.4. The number of hydrogen-bond acceptors (Lipinski definition) is 6. The van der Waals surface area contributed by atoms with Crippen LogP contribution in [0.3, 0.4) is 0 Å². The molecule has 36 heavy (non-hydrogen) atoms. The van der Waals surface area contributed by atoms with E-state index in [4.69, 9.17) is 22.4 Å². The van der Waals surface area contributed by atoms with Gasteiger partial charge in [-0.25, -0.2) is 14.6 Å². The van der Waals surface area contributed by atoms with Gasteiger partial charge in [-0.15, -0.1) is 0 Å². The smallest absolute Gasteiger partial charge is 0.250 e. The van der Waals surface area contributed by atoms with Gasteiger partial charge in [0.1, 0.15) is 17.8 Å². The van der Waals surface area contributed by atoms with E-state index >= 15 is 0 Å². The van der Waals surface area contributed by atoms with Gasteiger partial charge in [0.15, 0.2) is 5.65 Å². The summed E-state index contributed by atoms with van der Waals surface area (Å²) in [6.07, 6.45) is 7.46. The molecule has 0 radical (unpaired) electrons. The molecule has 0 aliphatic heterocycles. The van der Waals surface area contributed by atoms with E-state index in [0.29, 0.717) is 33.6 Å². The van der Waals surface area contributed by atoms with Gasteiger partial charge in [0.05, 0.1) is 11.1 Å². The van der Waals surface area contributed by atoms with Gasteiger partial charge in [-0.05, 0) is 56.6 Å². The number of halogens is 1. The van der Waals surface area contributed by atoms with Crippen LogP contribution in [-0.2, 0) is 4.79 Å². The van der Waals surface area contributed by atoms with Crippen LogP contribution in [0.4, 0.5) is 11.5 Å². The molecule has 1 amide bonds. The Morgan fingerprint density at radius 1 is 1.17 bits per heavy atom. The summed E-state index contributed by atoms with van der Waals surface area (Å²) in [4.78, 5) is 25.4. The largest absolute Gasteiger partial charge is 0.383 e. The summed E-state index contributed by atoms with van der Waals surface area (Å²) >= 11 is 6.09. The Bertz CT molecular complexity index is 1460. The number of rotatable bonds is 7. The predicted octanol–water partition coefficient (Wildman–Crippen LogP) is 4.64. The third-order valence-corrected chi connectivity index (χ3v) is 6.83. The van der Waals surface area contributed by atoms with Crippen LogP contribution in [0.5, 0.6) is 0 Å². The van der Waals surface area contributed by atoms with Crippen molar-refractivity contribution in [3.63, 3.8) is 0 Å². The Morgan fingerprint density at radius 3 is 2.64 bits per heavy atom. The summed E-state index contributed by atoms with van der Waals surface area (Å²) < 4.78 is 1.76. The molecule has 2 aromatic heterocycles. The zero-order valence-corrected chi connectivity index (χ0v) is 21.3. The molecule has 2 heterocycles. The first kappa shape index (κ1) is 24.0. The zero-order valence-electron chi connectivity index (χ0n) is 20.5. The maximum atomic E-state index is 12.9. The predicted molar refractivity (Wildman–Crippen MR) is 144 cm³/mol. The number of anilines is 2. The van der Waals surface area contributed by atoms with Crippen LogP contribution in [0, 0.1) is 6.92 Å². The minimum atomic E-state index is -0.0900. The molecule has 2 N–H and O–H groups in total. The topological polar surface area (TPSA) is 93.2 Å². The molecule has 1 aliphatic rings. The Kier molecular flexibility index (Phi) is 6.47. The van der Waals surface area contributed by atoms with Gasteiger partial charge < -0.3 is 10.6 Å². The quantitative estimate of drug-likeness (QED) is 0.371. The molecule has 4 aromatic rings. The lowest BCUT2D eigenvalue weighted by Crippen LogP contribution is -2.25. The summed E-state index contributed by atoms with van der Waals surface area (Å²) in [6, 6.07) is 13.9. The third kappa shape index (κ3) is 4.69. The number of amides is 1. The number of carbonyl (C=O) groups is 1. The van der Waals surface area contributed by atoms with E-state index in [1.54, 1.807) is 22.7 Å². The van der Waals surface area contributed by atoms with Crippen molar-refractivity contribution in [1.82, 2.24) is 24.6 Å². The summed E-state index contributed by atoms with van der Waals surface area (Å²) in [5, 5.41) is 6.19. The Balaban J connectivity index is 1.51. The molecule has 0 spiro atoms. The summed E-state index contributed by atoms with van der Waals surface area (Å²) in [7, 11) is 3.86. The van der Waals surface area contributed by atoms with Crippen LogP contribution in [0.25, 0.3) is 28.0 Å². The second-order valence-corrected chi connectivity index (χ2v) is 9.60. The molecule has 0 saturated heterocycles. The fraction of sp³-hybridized carbons (Fsp3) is 0.259. The summed E-state index contributed by atoms with van der Waals surface area (Å²) in [5.74, 6) is 0.256. The van der Waals surface area contributed by atoms with Gasteiger partial charge in [0, 0.05) is 42.0 Å². The highest BCUT2D eigenvalue weighted by atomic mass is 35.5. The Morgan fingerprint density at radius 2 is 1.92 bits per heavy atom. The van der Waals surface area contributed by atoms with Gasteiger partial charge in [-0.3, -0.25) is 9.69 Å². The van der Waals surface area contributed by atoms with Crippen LogP contribution in [0.15, 0.2) is 60.9 Å². The fourth-order valence-corrected chi connectivity index (χ4v) is 4.34. The van der Waals surface area contributed by atoms with Crippen molar-refractivity contribution < 1.29 is 4.79 Å². The van der Waals surface area contributed by atoms with E-state index in [2.05, 4.69) is 21.9 Å². The van der Waals surface area contributed by atoms with Crippen molar-refractivity contribution in [2.75, 3.05) is 31.3 Å². The number of hydrogen-bond donors (Lipinski definition) is 1. The normalized spacial score (nSPS) is 13.7. The number of nitrogen functional groups attached to an aromatic ring is 1. The lowest BCUT2D eigenvalue weighted by atomic mass is 10.1. The van der Waals surface area contributed by atoms with Gasteiger partial charge in [0.25, 0.3) is 0 Å². The molecular formula is C27H28ClN7O. The maximum absolute atomic E-state index is 12.9. The molecule has 5 rings (SSSR count). The van der Waals surface area contributed by atoms with E-state index in [-0.39, 0.29) is 5.91 Å². The number of nitrogens with two attached hydrogens (primary N) is 1. The van der Waals surface area contributed by atoms with Crippen molar-refractivity contribution in [1.29, 1.82) is 0 Å². The first-order valence-electron chi connectivity index (χ1n) is 11.8. The van der Waals surface area contributed by atoms with Crippen molar-refractivity contribution in [2.45, 2.75) is 25.8 Å². The van der Waals surface area contributed by atoms with Crippen LogP contribution in [-0.4, -0.2) is 57.2 Å². The number of aryl methyl sites for hydroxylation is 1. The molecular weight excluding hydrogens is 474 g/mol. The number of likely N-dealkylation sites (N-methyl/N-ethyl adjacent to an activating group) is 2. The molecule has 8 nitrogen and oxygen atoms in total. The maximum Gasteiger partial charge on any atom is 0.250 e. The van der Waals surface area contributed by atoms with Gasteiger partial charge >= 0.3 is 0 Å². The molecule has 1 fully saturated rings. The highest BCUT2D eigenvalue weighted by molar-refractivity contribution is 6.30. The Labute approximate surface area is 215 Å². The Hall–Kier alpha value is -3.75. The second kappa shape index (κ2) is 9.72. The van der Waals surface area contributed by atoms with Crippen molar-refractivity contribution in [3.05, 3.63) is 71.5 Å². The molecule has 0 bridgehead atoms. The second-order valence-electron chi connectivity index (χ2n) is 9.17. The van der Waals surface area contributed by atoms with Crippen molar-refractivity contribution >= 4 is 40.0 Å². The lowest BCUT2D eigenvalue weighted by Gasteiger charge is -2.18. The van der Waals surface area contributed by atoms with Crippen LogP contribution >= 0.6 is 11.6 Å². The minimum Gasteiger partial charge on any atom is -0.383 e. The van der Waals surface area contributed by atoms with E-state index in [0.717, 1.165) is 29.0 Å². The molecule has 0 unspecified atom stereocenters. The number of carbonyl (C=O) groups excluding carboxylic acids is 1. The number of aromatic nitrogens is 4. The summed E-state index contributed by atoms with van der Waals surface area (Å²) in [5.41, 5.74) is 10.9. The van der Waals surface area contributed by atoms with E-state index in [1.165, 1.54) is 19.2 Å². The molecule has 2 aromatic carbocycles. The SMILES string of the molecule is Cc1ccc(N(C)C(=O)C=CCN(C)C2CC2)cc1-n1nc(-c2ccc(Cl)cc2)c2c(N)ncnc21. The number of benzene rings is 2. The minimum absolute atomic E-state index is 0.0900. The third-order valence-electron chi connectivity index (χ3n) is 6.57. The standard InChI is InChI=1S/C27H28ClN7O/c1-17-6-11-21(34(3)23(36)5-4-14-33(2)20-12-13-20)15-22(17)35-27-24(26(29)30-16-31-27)25(32-35)18-7-9-19(28)10-8-18/h4-11,15-16,20H,12-14H2,1-3H3,(H2,29,30,31). The van der Waals surface area contributed by atoms with E-state index in [9.17, 15) is 4.79 Å². The first-order valence-corrected chi connectivity index (χ1v) is 12.2. The van der Waals surface area contributed by atoms with Crippen LogP contribution in [0.1, 0.15) is 18.4 Å². The molecule has 0 atom stereocenters. The lowest BCUT2D eigenvalue weighted by molar-refractivity contribution is -0.113. The van der Waals surface area contributed by atoms with Crippen molar-refractivity contribution in [2.24, 2.45) is 0 Å². The van der Waals surface area contributed by atoms with Gasteiger partial charge in [0.2, 0.25) is 5.91 Å². The average molecular weight is 502 g/mol. The first-order chi connectivity index (χ1) is 17.3. The fourth-order valence-electron chi connectivity index (χ4n) is 4.21. The summed E-state index contributed by atoms with van der Waals surface area (Å²) in [6.45, 7) is 2.76. The van der Waals surface area contributed by atoms with Crippen molar-refractivity contribution in [3.8, 4) is 16.9 Å². The van der Waals surface area contributed by atoms with Crippen LogP contribution < -0.4 is 10.6 Å².